The summed E-state index contributed by atoms with van der Waals surface area (Å²) in [7, 11) is 7.18. The lowest BCUT2D eigenvalue weighted by Gasteiger charge is -2.16. The minimum atomic E-state index is -0.223. The molecule has 0 fully saturated rings. The summed E-state index contributed by atoms with van der Waals surface area (Å²) in [6, 6.07) is 18.0. The Balaban J connectivity index is 1.67. The van der Waals surface area contributed by atoms with Gasteiger partial charge in [0.05, 0.1) is 37.5 Å². The van der Waals surface area contributed by atoms with Gasteiger partial charge in [0.1, 0.15) is 17.2 Å². The second kappa shape index (κ2) is 9.51. The first kappa shape index (κ1) is 23.6. The summed E-state index contributed by atoms with van der Waals surface area (Å²) in [6.07, 6.45) is 0.913. The molecule has 184 valence electrons. The zero-order valence-corrected chi connectivity index (χ0v) is 20.8. The summed E-state index contributed by atoms with van der Waals surface area (Å²) in [5.41, 5.74) is 2.73. The average Bonchev–Trinajstić information content (AvgIpc) is 3.18. The molecule has 3 aromatic carbocycles. The van der Waals surface area contributed by atoms with Crippen LogP contribution in [0.5, 0.6) is 17.2 Å². The van der Waals surface area contributed by atoms with E-state index in [0.717, 1.165) is 18.7 Å². The minimum Gasteiger partial charge on any atom is -0.497 e. The number of fused-ring (bicyclic) bond motifs is 5. The number of aromatic nitrogens is 1. The van der Waals surface area contributed by atoms with E-state index in [2.05, 4.69) is 4.90 Å². The highest BCUT2D eigenvalue weighted by Gasteiger charge is 2.33. The van der Waals surface area contributed by atoms with E-state index >= 15 is 0 Å². The number of rotatable bonds is 8. The van der Waals surface area contributed by atoms with E-state index < -0.39 is 0 Å². The van der Waals surface area contributed by atoms with Crippen LogP contribution >= 0.6 is 0 Å². The van der Waals surface area contributed by atoms with Crippen molar-refractivity contribution >= 4 is 16.6 Å². The molecule has 1 aliphatic carbocycles. The molecule has 0 saturated carbocycles. The molecule has 36 heavy (non-hydrogen) atoms. The first-order chi connectivity index (χ1) is 17.4. The zero-order chi connectivity index (χ0) is 25.4. The second-order valence-electron chi connectivity index (χ2n) is 9.02. The van der Waals surface area contributed by atoms with Crippen LogP contribution in [0.2, 0.25) is 0 Å². The highest BCUT2D eigenvalue weighted by Crippen LogP contribution is 2.42. The standard InChI is InChI=1S/C29H28N2O5/c1-30(2)14-5-15-36-19-8-6-18(7-9-19)31-27-23-13-11-20(34-3)16-24(23)28(32)26(27)22-12-10-21(35-4)17-25(22)29(31)33/h6-13,16-17H,5,14-15H2,1-4H3. The quantitative estimate of drug-likeness (QED) is 0.301. The van der Waals surface area contributed by atoms with Crippen molar-refractivity contribution in [2.24, 2.45) is 0 Å². The van der Waals surface area contributed by atoms with Crippen LogP contribution in [0.25, 0.3) is 27.7 Å². The largest absolute Gasteiger partial charge is 0.497 e. The molecular weight excluding hydrogens is 456 g/mol. The molecule has 0 atom stereocenters. The zero-order valence-electron chi connectivity index (χ0n) is 20.8. The smallest absolute Gasteiger partial charge is 0.263 e. The summed E-state index contributed by atoms with van der Waals surface area (Å²) >= 11 is 0. The highest BCUT2D eigenvalue weighted by molar-refractivity contribution is 6.27. The van der Waals surface area contributed by atoms with Crippen molar-refractivity contribution in [1.29, 1.82) is 0 Å². The maximum Gasteiger partial charge on any atom is 0.263 e. The summed E-state index contributed by atoms with van der Waals surface area (Å²) in [5, 5.41) is 1.03. The van der Waals surface area contributed by atoms with Crippen LogP contribution < -0.4 is 19.8 Å². The molecule has 7 nitrogen and oxygen atoms in total. The molecule has 0 radical (unpaired) electrons. The topological polar surface area (TPSA) is 70.0 Å². The third-order valence-electron chi connectivity index (χ3n) is 6.46. The molecule has 5 rings (SSSR count). The number of hydrogen-bond donors (Lipinski definition) is 0. The van der Waals surface area contributed by atoms with Gasteiger partial charge in [-0.05, 0) is 81.2 Å². The van der Waals surface area contributed by atoms with Crippen LogP contribution in [0.4, 0.5) is 0 Å². The van der Waals surface area contributed by atoms with Crippen LogP contribution in [0.15, 0.2) is 65.5 Å². The molecule has 0 bridgehead atoms. The van der Waals surface area contributed by atoms with E-state index in [0.29, 0.717) is 57.0 Å². The van der Waals surface area contributed by atoms with Gasteiger partial charge in [0, 0.05) is 28.7 Å². The minimum absolute atomic E-state index is 0.135. The number of carbonyl (C=O) groups is 1. The summed E-state index contributed by atoms with van der Waals surface area (Å²) in [4.78, 5) is 29.6. The Bertz CT molecular complexity index is 1520. The van der Waals surface area contributed by atoms with Gasteiger partial charge in [0.2, 0.25) is 0 Å². The fourth-order valence-electron chi connectivity index (χ4n) is 4.68. The number of pyridine rings is 1. The maximum absolute atomic E-state index is 13.9. The van der Waals surface area contributed by atoms with Gasteiger partial charge in [-0.25, -0.2) is 0 Å². The number of benzene rings is 3. The highest BCUT2D eigenvalue weighted by atomic mass is 16.5. The van der Waals surface area contributed by atoms with Crippen molar-refractivity contribution in [2.45, 2.75) is 6.42 Å². The second-order valence-corrected chi connectivity index (χ2v) is 9.02. The van der Waals surface area contributed by atoms with E-state index in [1.165, 1.54) is 0 Å². The first-order valence-corrected chi connectivity index (χ1v) is 11.8. The number of hydrogen-bond acceptors (Lipinski definition) is 6. The Morgan fingerprint density at radius 3 is 2.14 bits per heavy atom. The molecule has 0 aliphatic heterocycles. The van der Waals surface area contributed by atoms with Crippen LogP contribution in [0.3, 0.4) is 0 Å². The van der Waals surface area contributed by atoms with Crippen LogP contribution in [0.1, 0.15) is 22.3 Å². The van der Waals surface area contributed by atoms with Crippen LogP contribution in [-0.2, 0) is 0 Å². The molecule has 0 unspecified atom stereocenters. The fourth-order valence-corrected chi connectivity index (χ4v) is 4.68. The van der Waals surface area contributed by atoms with Crippen molar-refractivity contribution in [2.75, 3.05) is 41.5 Å². The lowest BCUT2D eigenvalue weighted by Crippen LogP contribution is -2.21. The molecule has 0 saturated heterocycles. The third kappa shape index (κ3) is 4.01. The van der Waals surface area contributed by atoms with Crippen molar-refractivity contribution in [1.82, 2.24) is 9.47 Å². The van der Waals surface area contributed by atoms with Gasteiger partial charge in [0.25, 0.3) is 5.56 Å². The molecule has 7 heteroatoms. The Morgan fingerprint density at radius 2 is 1.44 bits per heavy atom. The van der Waals surface area contributed by atoms with Gasteiger partial charge < -0.3 is 19.1 Å². The van der Waals surface area contributed by atoms with Gasteiger partial charge in [-0.2, -0.15) is 0 Å². The predicted molar refractivity (Wildman–Crippen MR) is 140 cm³/mol. The number of carbonyl (C=O) groups excluding carboxylic acids is 1. The van der Waals surface area contributed by atoms with Gasteiger partial charge >= 0.3 is 0 Å². The third-order valence-corrected chi connectivity index (χ3v) is 6.46. The average molecular weight is 485 g/mol. The monoisotopic (exact) mass is 484 g/mol. The van der Waals surface area contributed by atoms with Gasteiger partial charge in [-0.3, -0.25) is 14.2 Å². The normalized spacial score (nSPS) is 12.1. The van der Waals surface area contributed by atoms with Crippen molar-refractivity contribution in [3.63, 3.8) is 0 Å². The Labute approximate surface area is 209 Å². The van der Waals surface area contributed by atoms with E-state index in [-0.39, 0.29) is 11.3 Å². The number of methoxy groups -OCH3 is 2. The Hall–Kier alpha value is -4.10. The van der Waals surface area contributed by atoms with Crippen molar-refractivity contribution in [3.8, 4) is 34.2 Å². The van der Waals surface area contributed by atoms with E-state index in [9.17, 15) is 9.59 Å². The fraction of sp³-hybridized carbons (Fsp3) is 0.241. The van der Waals surface area contributed by atoms with E-state index in [1.54, 1.807) is 49.1 Å². The van der Waals surface area contributed by atoms with Gasteiger partial charge in [0.15, 0.2) is 5.78 Å². The summed E-state index contributed by atoms with van der Waals surface area (Å²) in [6.45, 7) is 1.55. The molecule has 1 aromatic heterocycles. The Morgan fingerprint density at radius 1 is 0.778 bits per heavy atom. The lowest BCUT2D eigenvalue weighted by molar-refractivity contribution is 0.104. The maximum atomic E-state index is 13.9. The number of ketones is 1. The molecule has 0 amide bonds. The molecular formula is C29H28N2O5. The van der Waals surface area contributed by atoms with Crippen molar-refractivity contribution in [3.05, 3.63) is 82.1 Å². The van der Waals surface area contributed by atoms with Gasteiger partial charge in [-0.1, -0.05) is 0 Å². The number of ether oxygens (including phenoxy) is 3. The van der Waals surface area contributed by atoms with Crippen molar-refractivity contribution < 1.29 is 19.0 Å². The molecule has 0 N–H and O–H groups in total. The lowest BCUT2D eigenvalue weighted by atomic mass is 10.0. The van der Waals surface area contributed by atoms with Gasteiger partial charge in [-0.15, -0.1) is 0 Å². The molecule has 0 spiro atoms. The SMILES string of the molecule is COc1ccc2c(c1)C(=O)c1c-2n(-c2ccc(OCCCN(C)C)cc2)c(=O)c2cc(OC)ccc12. The van der Waals surface area contributed by atoms with Crippen LogP contribution in [-0.4, -0.2) is 56.7 Å². The summed E-state index contributed by atoms with van der Waals surface area (Å²) < 4.78 is 18.2. The van der Waals surface area contributed by atoms with Crippen LogP contribution in [0, 0.1) is 0 Å². The van der Waals surface area contributed by atoms with E-state index in [1.807, 2.05) is 44.4 Å². The van der Waals surface area contributed by atoms with E-state index in [4.69, 9.17) is 14.2 Å². The first-order valence-electron chi connectivity index (χ1n) is 11.8. The molecule has 1 aliphatic rings. The predicted octanol–water partition coefficient (Wildman–Crippen LogP) is 4.55. The number of nitrogens with zero attached hydrogens (tertiary/aromatic N) is 2. The molecule has 4 aromatic rings. The molecule has 1 heterocycles. The Kier molecular flexibility index (Phi) is 6.24. The summed E-state index contributed by atoms with van der Waals surface area (Å²) in [5.74, 6) is 1.73.